The maximum absolute atomic E-state index is 12.7. The van der Waals surface area contributed by atoms with Crippen LogP contribution in [0.15, 0.2) is 48.5 Å². The quantitative estimate of drug-likeness (QED) is 0.507. The monoisotopic (exact) mass is 409 g/mol. The maximum atomic E-state index is 12.7. The van der Waals surface area contributed by atoms with E-state index in [1.54, 1.807) is 0 Å². The van der Waals surface area contributed by atoms with Crippen LogP contribution in [0.2, 0.25) is 0 Å². The van der Waals surface area contributed by atoms with Gasteiger partial charge in [0, 0.05) is 12.5 Å². The van der Waals surface area contributed by atoms with Crippen LogP contribution in [0.5, 0.6) is 0 Å². The molecule has 0 bridgehead atoms. The Labute approximate surface area is 176 Å². The van der Waals surface area contributed by atoms with E-state index in [0.717, 1.165) is 17.5 Å². The van der Waals surface area contributed by atoms with Crippen LogP contribution in [-0.2, 0) is 19.0 Å². The van der Waals surface area contributed by atoms with Gasteiger partial charge >= 0.3 is 12.1 Å². The first-order valence-corrected chi connectivity index (χ1v) is 10.4. The number of cyclic esters (lactones) is 1. The smallest absolute Gasteiger partial charge is 0.413 e. The van der Waals surface area contributed by atoms with E-state index in [-0.39, 0.29) is 25.9 Å². The van der Waals surface area contributed by atoms with Crippen LogP contribution in [0, 0.1) is 5.92 Å². The number of ether oxygens (including phenoxy) is 3. The number of hydrogen-bond acceptors (Lipinski definition) is 5. The number of fused-ring (bicyclic) bond motifs is 3. The summed E-state index contributed by atoms with van der Waals surface area (Å²) < 4.78 is 16.3. The first-order chi connectivity index (χ1) is 14.6. The molecule has 1 fully saturated rings. The summed E-state index contributed by atoms with van der Waals surface area (Å²) in [5.74, 6) is 0.0353. The molecule has 6 heteroatoms. The van der Waals surface area contributed by atoms with Crippen LogP contribution in [0.4, 0.5) is 4.79 Å². The minimum absolute atomic E-state index is 0.0266. The summed E-state index contributed by atoms with van der Waals surface area (Å²) in [5.41, 5.74) is 4.64. The SMILES string of the molecule is CC(C)CCOC[C@@H]1C(=O)OCN1C(=O)OCC1c2ccccc2-c2ccccc21. The lowest BCUT2D eigenvalue weighted by Gasteiger charge is -2.21. The third-order valence-corrected chi connectivity index (χ3v) is 5.68. The standard InChI is InChI=1S/C24H27NO5/c1-16(2)11-12-28-14-22-23(26)30-15-25(22)24(27)29-13-21-19-9-5-3-7-17(19)18-8-4-6-10-20(18)21/h3-10,16,21-22H,11-15H2,1-2H3/t22-/m1/s1. The lowest BCUT2D eigenvalue weighted by molar-refractivity contribution is -0.140. The Morgan fingerprint density at radius 1 is 1.07 bits per heavy atom. The van der Waals surface area contributed by atoms with Crippen LogP contribution < -0.4 is 0 Å². The predicted molar refractivity (Wildman–Crippen MR) is 112 cm³/mol. The summed E-state index contributed by atoms with van der Waals surface area (Å²) >= 11 is 0. The number of carbonyl (C=O) groups is 2. The highest BCUT2D eigenvalue weighted by Crippen LogP contribution is 2.44. The van der Waals surface area contributed by atoms with Crippen molar-refractivity contribution in [2.75, 3.05) is 26.6 Å². The number of esters is 1. The average molecular weight is 409 g/mol. The number of amides is 1. The van der Waals surface area contributed by atoms with Crippen molar-refractivity contribution >= 4 is 12.1 Å². The van der Waals surface area contributed by atoms with Crippen LogP contribution in [0.3, 0.4) is 0 Å². The molecule has 2 aromatic rings. The van der Waals surface area contributed by atoms with Crippen molar-refractivity contribution < 1.29 is 23.8 Å². The normalized spacial score (nSPS) is 17.8. The second-order valence-electron chi connectivity index (χ2n) is 8.14. The van der Waals surface area contributed by atoms with Crippen molar-refractivity contribution in [3.8, 4) is 11.1 Å². The molecule has 0 radical (unpaired) electrons. The van der Waals surface area contributed by atoms with Crippen LogP contribution in [0.1, 0.15) is 37.3 Å². The lowest BCUT2D eigenvalue weighted by Crippen LogP contribution is -2.42. The average Bonchev–Trinajstić information content (AvgIpc) is 3.27. The minimum atomic E-state index is -0.757. The van der Waals surface area contributed by atoms with Gasteiger partial charge in [-0.2, -0.15) is 0 Å². The van der Waals surface area contributed by atoms with Crippen LogP contribution in [-0.4, -0.2) is 49.6 Å². The van der Waals surface area contributed by atoms with Gasteiger partial charge in [-0.3, -0.25) is 4.90 Å². The highest BCUT2D eigenvalue weighted by molar-refractivity contribution is 5.84. The number of carbonyl (C=O) groups excluding carboxylic acids is 2. The number of hydrogen-bond donors (Lipinski definition) is 0. The largest absolute Gasteiger partial charge is 0.448 e. The van der Waals surface area contributed by atoms with Gasteiger partial charge in [-0.1, -0.05) is 62.4 Å². The van der Waals surface area contributed by atoms with Gasteiger partial charge in [-0.05, 0) is 34.6 Å². The van der Waals surface area contributed by atoms with Gasteiger partial charge in [-0.25, -0.2) is 9.59 Å². The number of rotatable bonds is 7. The lowest BCUT2D eigenvalue weighted by atomic mass is 9.98. The molecule has 1 aliphatic carbocycles. The fourth-order valence-corrected chi connectivity index (χ4v) is 3.98. The molecule has 0 unspecified atom stereocenters. The van der Waals surface area contributed by atoms with Crippen molar-refractivity contribution in [3.63, 3.8) is 0 Å². The highest BCUT2D eigenvalue weighted by atomic mass is 16.6. The second-order valence-corrected chi connectivity index (χ2v) is 8.14. The maximum Gasteiger partial charge on any atom is 0.413 e. The summed E-state index contributed by atoms with van der Waals surface area (Å²) in [4.78, 5) is 26.1. The van der Waals surface area contributed by atoms with Crippen molar-refractivity contribution in [2.24, 2.45) is 5.92 Å². The summed E-state index contributed by atoms with van der Waals surface area (Å²) in [7, 11) is 0. The summed E-state index contributed by atoms with van der Waals surface area (Å²) in [6, 6.07) is 15.6. The molecule has 6 nitrogen and oxygen atoms in total. The molecular formula is C24H27NO5. The molecule has 1 aliphatic heterocycles. The van der Waals surface area contributed by atoms with Crippen molar-refractivity contribution in [3.05, 3.63) is 59.7 Å². The minimum Gasteiger partial charge on any atom is -0.448 e. The molecule has 158 valence electrons. The third kappa shape index (κ3) is 4.05. The third-order valence-electron chi connectivity index (χ3n) is 5.68. The van der Waals surface area contributed by atoms with Gasteiger partial charge in [0.05, 0.1) is 6.61 Å². The molecule has 2 aliphatic rings. The van der Waals surface area contributed by atoms with Gasteiger partial charge in [0.1, 0.15) is 6.61 Å². The Morgan fingerprint density at radius 3 is 2.33 bits per heavy atom. The Hall–Kier alpha value is -2.86. The molecule has 0 N–H and O–H groups in total. The molecule has 1 atom stereocenters. The van der Waals surface area contributed by atoms with Gasteiger partial charge in [0.2, 0.25) is 0 Å². The summed E-state index contributed by atoms with van der Waals surface area (Å²) in [6.45, 7) is 4.98. The molecule has 30 heavy (non-hydrogen) atoms. The molecule has 1 saturated heterocycles. The van der Waals surface area contributed by atoms with Crippen LogP contribution in [0.25, 0.3) is 11.1 Å². The fourth-order valence-electron chi connectivity index (χ4n) is 3.98. The van der Waals surface area contributed by atoms with E-state index in [2.05, 4.69) is 38.1 Å². The Bertz CT molecular complexity index is 880. The van der Waals surface area contributed by atoms with E-state index in [0.29, 0.717) is 12.5 Å². The molecular weight excluding hydrogens is 382 g/mol. The van der Waals surface area contributed by atoms with E-state index in [1.807, 2.05) is 24.3 Å². The summed E-state index contributed by atoms with van der Waals surface area (Å²) in [6.07, 6.45) is 0.340. The first-order valence-electron chi connectivity index (χ1n) is 10.4. The molecule has 2 aromatic carbocycles. The van der Waals surface area contributed by atoms with Crippen molar-refractivity contribution in [1.82, 2.24) is 4.90 Å². The Kier molecular flexibility index (Phi) is 6.04. The van der Waals surface area contributed by atoms with Crippen LogP contribution >= 0.6 is 0 Å². The summed E-state index contributed by atoms with van der Waals surface area (Å²) in [5, 5.41) is 0. The van der Waals surface area contributed by atoms with E-state index >= 15 is 0 Å². The van der Waals surface area contributed by atoms with Gasteiger partial charge in [0.25, 0.3) is 0 Å². The zero-order valence-corrected chi connectivity index (χ0v) is 17.4. The zero-order valence-electron chi connectivity index (χ0n) is 17.4. The van der Waals surface area contributed by atoms with Crippen molar-refractivity contribution in [1.29, 1.82) is 0 Å². The van der Waals surface area contributed by atoms with Crippen molar-refractivity contribution in [2.45, 2.75) is 32.2 Å². The predicted octanol–water partition coefficient (Wildman–Crippen LogP) is 4.18. The number of benzene rings is 2. The zero-order chi connectivity index (χ0) is 21.1. The Morgan fingerprint density at radius 2 is 1.70 bits per heavy atom. The van der Waals surface area contributed by atoms with Gasteiger partial charge in [0.15, 0.2) is 12.8 Å². The molecule has 0 aromatic heterocycles. The second kappa shape index (κ2) is 8.88. The van der Waals surface area contributed by atoms with E-state index in [9.17, 15) is 9.59 Å². The topological polar surface area (TPSA) is 65.1 Å². The first kappa shape index (κ1) is 20.4. The molecule has 1 amide bonds. The molecule has 0 spiro atoms. The molecule has 0 saturated carbocycles. The van der Waals surface area contributed by atoms with E-state index in [1.165, 1.54) is 16.0 Å². The van der Waals surface area contributed by atoms with E-state index < -0.39 is 18.1 Å². The highest BCUT2D eigenvalue weighted by Gasteiger charge is 2.39. The van der Waals surface area contributed by atoms with Gasteiger partial charge in [-0.15, -0.1) is 0 Å². The van der Waals surface area contributed by atoms with E-state index in [4.69, 9.17) is 14.2 Å². The molecule has 4 rings (SSSR count). The fraction of sp³-hybridized carbons (Fsp3) is 0.417. The number of nitrogens with zero attached hydrogens (tertiary/aromatic N) is 1. The van der Waals surface area contributed by atoms with Gasteiger partial charge < -0.3 is 14.2 Å². The Balaban J connectivity index is 1.40. The molecule has 1 heterocycles.